The number of likely N-dealkylation sites (N-methyl/N-ethyl adjacent to an activating group) is 1. The summed E-state index contributed by atoms with van der Waals surface area (Å²) in [6, 6.07) is 15.9. The highest BCUT2D eigenvalue weighted by molar-refractivity contribution is 9.10. The van der Waals surface area contributed by atoms with Gasteiger partial charge >= 0.3 is 0 Å². The monoisotopic (exact) mass is 385 g/mol. The Labute approximate surface area is 150 Å². The standard InChI is InChI=1S/C19H20BrN3O/c1-3-23(4-2)18-19(24)21-16-11-10-14(20)12-15(16)17(22-18)13-8-6-5-7-9-13/h5-12,18H,3-4H2,1-2H3,(H,21,24). The topological polar surface area (TPSA) is 44.7 Å². The first kappa shape index (κ1) is 16.9. The van der Waals surface area contributed by atoms with Gasteiger partial charge in [0.15, 0.2) is 6.17 Å². The number of carbonyl (C=O) groups is 1. The molecule has 3 rings (SSSR count). The van der Waals surface area contributed by atoms with Crippen LogP contribution in [0.5, 0.6) is 0 Å². The zero-order valence-corrected chi connectivity index (χ0v) is 15.4. The van der Waals surface area contributed by atoms with Gasteiger partial charge in [0.05, 0.1) is 11.4 Å². The van der Waals surface area contributed by atoms with Gasteiger partial charge in [-0.15, -0.1) is 0 Å². The molecular formula is C19H20BrN3O. The van der Waals surface area contributed by atoms with Crippen LogP contribution in [0.2, 0.25) is 0 Å². The number of anilines is 1. The van der Waals surface area contributed by atoms with Gasteiger partial charge in [-0.05, 0) is 31.3 Å². The second-order valence-corrected chi connectivity index (χ2v) is 6.53. The number of hydrogen-bond donors (Lipinski definition) is 1. The highest BCUT2D eigenvalue weighted by Gasteiger charge is 2.29. The van der Waals surface area contributed by atoms with E-state index in [1.807, 2.05) is 62.4 Å². The molecular weight excluding hydrogens is 366 g/mol. The van der Waals surface area contributed by atoms with Crippen molar-refractivity contribution in [3.05, 3.63) is 64.1 Å². The van der Waals surface area contributed by atoms with E-state index in [1.54, 1.807) is 0 Å². The zero-order chi connectivity index (χ0) is 17.1. The van der Waals surface area contributed by atoms with Gasteiger partial charge in [-0.25, -0.2) is 0 Å². The van der Waals surface area contributed by atoms with Crippen LogP contribution in [0.3, 0.4) is 0 Å². The Bertz CT molecular complexity index is 769. The van der Waals surface area contributed by atoms with E-state index in [9.17, 15) is 4.79 Å². The van der Waals surface area contributed by atoms with Gasteiger partial charge in [-0.1, -0.05) is 60.1 Å². The third kappa shape index (κ3) is 3.28. The van der Waals surface area contributed by atoms with E-state index in [1.165, 1.54) is 0 Å². The van der Waals surface area contributed by atoms with Gasteiger partial charge in [0.25, 0.3) is 5.91 Å². The predicted molar refractivity (Wildman–Crippen MR) is 102 cm³/mol. The summed E-state index contributed by atoms with van der Waals surface area (Å²) in [5.74, 6) is -0.0896. The number of rotatable bonds is 4. The van der Waals surface area contributed by atoms with Crippen LogP contribution < -0.4 is 5.32 Å². The molecule has 4 nitrogen and oxygen atoms in total. The van der Waals surface area contributed by atoms with Crippen LogP contribution in [-0.2, 0) is 4.79 Å². The van der Waals surface area contributed by atoms with Gasteiger partial charge in [-0.3, -0.25) is 14.7 Å². The molecule has 5 heteroatoms. The van der Waals surface area contributed by atoms with E-state index < -0.39 is 6.17 Å². The number of halogens is 1. The number of nitrogens with zero attached hydrogens (tertiary/aromatic N) is 2. The molecule has 1 unspecified atom stereocenters. The molecule has 2 aromatic rings. The summed E-state index contributed by atoms with van der Waals surface area (Å²) < 4.78 is 0.959. The first-order chi connectivity index (χ1) is 11.6. The molecule has 1 aliphatic rings. The van der Waals surface area contributed by atoms with Crippen LogP contribution in [0.25, 0.3) is 0 Å². The minimum atomic E-state index is -0.526. The van der Waals surface area contributed by atoms with Gasteiger partial charge in [0, 0.05) is 15.6 Å². The summed E-state index contributed by atoms with van der Waals surface area (Å²) in [5.41, 5.74) is 3.56. The maximum absolute atomic E-state index is 12.7. The lowest BCUT2D eigenvalue weighted by molar-refractivity contribution is -0.120. The fourth-order valence-electron chi connectivity index (χ4n) is 2.91. The number of benzodiazepines with no additional fused rings is 1. The Balaban J connectivity index is 2.20. The molecule has 1 amide bonds. The molecule has 1 aliphatic heterocycles. The fourth-order valence-corrected chi connectivity index (χ4v) is 3.27. The molecule has 24 heavy (non-hydrogen) atoms. The molecule has 1 N–H and O–H groups in total. The minimum absolute atomic E-state index is 0.0896. The Hall–Kier alpha value is -1.98. The number of carbonyl (C=O) groups excluding carboxylic acids is 1. The molecule has 2 aromatic carbocycles. The van der Waals surface area contributed by atoms with Crippen molar-refractivity contribution in [2.24, 2.45) is 4.99 Å². The molecule has 1 heterocycles. The molecule has 0 saturated heterocycles. The second kappa shape index (κ2) is 7.28. The Morgan fingerprint density at radius 3 is 2.50 bits per heavy atom. The van der Waals surface area contributed by atoms with Gasteiger partial charge in [-0.2, -0.15) is 0 Å². The van der Waals surface area contributed by atoms with Crippen LogP contribution in [-0.4, -0.2) is 35.8 Å². The van der Waals surface area contributed by atoms with Crippen molar-refractivity contribution in [2.45, 2.75) is 20.0 Å². The van der Waals surface area contributed by atoms with Crippen molar-refractivity contribution in [3.8, 4) is 0 Å². The first-order valence-electron chi connectivity index (χ1n) is 8.12. The summed E-state index contributed by atoms with van der Waals surface area (Å²) in [5, 5.41) is 3.03. The maximum Gasteiger partial charge on any atom is 0.264 e. The average molecular weight is 386 g/mol. The first-order valence-corrected chi connectivity index (χ1v) is 8.91. The highest BCUT2D eigenvalue weighted by atomic mass is 79.9. The normalized spacial score (nSPS) is 17.1. The maximum atomic E-state index is 12.7. The molecule has 0 spiro atoms. The van der Waals surface area contributed by atoms with E-state index in [0.29, 0.717) is 0 Å². The van der Waals surface area contributed by atoms with Crippen molar-refractivity contribution < 1.29 is 4.79 Å². The van der Waals surface area contributed by atoms with Crippen LogP contribution >= 0.6 is 15.9 Å². The summed E-state index contributed by atoms with van der Waals surface area (Å²) in [4.78, 5) is 19.6. The van der Waals surface area contributed by atoms with Crippen molar-refractivity contribution >= 4 is 33.2 Å². The van der Waals surface area contributed by atoms with Crippen LogP contribution in [0.4, 0.5) is 5.69 Å². The lowest BCUT2D eigenvalue weighted by Crippen LogP contribution is -2.42. The van der Waals surface area contributed by atoms with E-state index >= 15 is 0 Å². The zero-order valence-electron chi connectivity index (χ0n) is 13.8. The highest BCUT2D eigenvalue weighted by Crippen LogP contribution is 2.28. The summed E-state index contributed by atoms with van der Waals surface area (Å²) >= 11 is 3.52. The van der Waals surface area contributed by atoms with Gasteiger partial charge in [0.2, 0.25) is 0 Å². The number of benzene rings is 2. The van der Waals surface area contributed by atoms with Crippen molar-refractivity contribution in [3.63, 3.8) is 0 Å². The molecule has 0 aromatic heterocycles. The Morgan fingerprint density at radius 2 is 1.83 bits per heavy atom. The molecule has 124 valence electrons. The van der Waals surface area contributed by atoms with E-state index in [2.05, 4.69) is 26.1 Å². The van der Waals surface area contributed by atoms with Gasteiger partial charge < -0.3 is 5.32 Å². The lowest BCUT2D eigenvalue weighted by atomic mass is 10.0. The number of nitrogens with one attached hydrogen (secondary N) is 1. The van der Waals surface area contributed by atoms with E-state index in [4.69, 9.17) is 4.99 Å². The largest absolute Gasteiger partial charge is 0.322 e. The number of amides is 1. The van der Waals surface area contributed by atoms with E-state index in [-0.39, 0.29) is 5.91 Å². The quantitative estimate of drug-likeness (QED) is 0.866. The Morgan fingerprint density at radius 1 is 1.12 bits per heavy atom. The fraction of sp³-hybridized carbons (Fsp3) is 0.263. The molecule has 1 atom stereocenters. The van der Waals surface area contributed by atoms with Crippen molar-refractivity contribution in [2.75, 3.05) is 18.4 Å². The molecule has 0 radical (unpaired) electrons. The Kier molecular flexibility index (Phi) is 5.11. The van der Waals surface area contributed by atoms with Crippen molar-refractivity contribution in [1.82, 2.24) is 4.90 Å². The van der Waals surface area contributed by atoms with Crippen LogP contribution in [0.1, 0.15) is 25.0 Å². The number of aliphatic imine (C=N–C) groups is 1. The smallest absolute Gasteiger partial charge is 0.264 e. The molecule has 0 saturated carbocycles. The molecule has 0 fully saturated rings. The SMILES string of the molecule is CCN(CC)C1N=C(c2ccccc2)c2cc(Br)ccc2NC1=O. The molecule has 0 bridgehead atoms. The van der Waals surface area contributed by atoms with Crippen LogP contribution in [0.15, 0.2) is 58.0 Å². The summed E-state index contributed by atoms with van der Waals surface area (Å²) in [6.07, 6.45) is -0.526. The number of fused-ring (bicyclic) bond motifs is 1. The summed E-state index contributed by atoms with van der Waals surface area (Å²) in [7, 11) is 0. The van der Waals surface area contributed by atoms with Gasteiger partial charge in [0.1, 0.15) is 0 Å². The second-order valence-electron chi connectivity index (χ2n) is 5.62. The molecule has 0 aliphatic carbocycles. The third-order valence-electron chi connectivity index (χ3n) is 4.19. The van der Waals surface area contributed by atoms with E-state index in [0.717, 1.165) is 40.1 Å². The predicted octanol–water partition coefficient (Wildman–Crippen LogP) is 3.91. The van der Waals surface area contributed by atoms with Crippen LogP contribution in [0, 0.1) is 0 Å². The minimum Gasteiger partial charge on any atom is -0.322 e. The summed E-state index contributed by atoms with van der Waals surface area (Å²) in [6.45, 7) is 5.62. The average Bonchev–Trinajstić information content (AvgIpc) is 2.74. The van der Waals surface area contributed by atoms with Crippen molar-refractivity contribution in [1.29, 1.82) is 0 Å². The number of hydrogen-bond acceptors (Lipinski definition) is 3. The lowest BCUT2D eigenvalue weighted by Gasteiger charge is -2.24. The third-order valence-corrected chi connectivity index (χ3v) is 4.68.